The van der Waals surface area contributed by atoms with Crippen LogP contribution < -0.4 is 21.6 Å². The maximum absolute atomic E-state index is 14.6. The van der Waals surface area contributed by atoms with Gasteiger partial charge in [0.25, 0.3) is 5.91 Å². The lowest BCUT2D eigenvalue weighted by atomic mass is 10.00. The minimum absolute atomic E-state index is 0.0134. The number of imidazole rings is 2. The Hall–Kier alpha value is -6.93. The molecule has 1 atom stereocenters. The number of carbonyl (C=O) groups excluding carboxylic acids is 2. The van der Waals surface area contributed by atoms with E-state index in [9.17, 15) is 18.8 Å². The van der Waals surface area contributed by atoms with E-state index in [1.54, 1.807) is 41.2 Å². The number of hydrogen-bond acceptors (Lipinski definition) is 7. The summed E-state index contributed by atoms with van der Waals surface area (Å²) in [5, 5.41) is 11.5. The lowest BCUT2D eigenvalue weighted by Gasteiger charge is -2.25. The minimum Gasteiger partial charge on any atom is -0.396 e. The predicted octanol–water partition coefficient (Wildman–Crippen LogP) is 6.04. The van der Waals surface area contributed by atoms with Crippen LogP contribution in [0.3, 0.4) is 0 Å². The van der Waals surface area contributed by atoms with Crippen LogP contribution in [-0.4, -0.2) is 59.2 Å². The summed E-state index contributed by atoms with van der Waals surface area (Å²) < 4.78 is 20.5. The van der Waals surface area contributed by atoms with E-state index in [1.807, 2.05) is 65.2 Å². The van der Waals surface area contributed by atoms with E-state index in [-0.39, 0.29) is 18.0 Å². The average Bonchev–Trinajstić information content (AvgIpc) is 3.97. The van der Waals surface area contributed by atoms with Gasteiger partial charge < -0.3 is 20.7 Å². The molecule has 4 N–H and O–H groups in total. The molecule has 57 heavy (non-hydrogen) atoms. The van der Waals surface area contributed by atoms with Gasteiger partial charge >= 0.3 is 11.7 Å². The molecule has 3 amide bonds. The van der Waals surface area contributed by atoms with Crippen LogP contribution in [0.4, 0.5) is 20.6 Å². The van der Waals surface area contributed by atoms with E-state index in [1.165, 1.54) is 23.1 Å². The molecule has 1 fully saturated rings. The van der Waals surface area contributed by atoms with Crippen molar-refractivity contribution in [3.63, 3.8) is 0 Å². The number of rotatable bonds is 10. The molecule has 4 heterocycles. The first kappa shape index (κ1) is 37.0. The lowest BCUT2D eigenvalue weighted by Crippen LogP contribution is -2.47. The normalized spacial score (nSPS) is 15.1. The number of benzodiazepines with no additional fused rings is 1. The number of pyridine rings is 1. The molecule has 14 heteroatoms. The van der Waals surface area contributed by atoms with E-state index in [0.717, 1.165) is 65.7 Å². The number of benzene rings is 4. The monoisotopic (exact) mass is 765 g/mol. The highest BCUT2D eigenvalue weighted by atomic mass is 19.1. The first-order valence-corrected chi connectivity index (χ1v) is 18.8. The first-order valence-electron chi connectivity index (χ1n) is 18.8. The van der Waals surface area contributed by atoms with Gasteiger partial charge in [-0.05, 0) is 62.1 Å². The van der Waals surface area contributed by atoms with Crippen LogP contribution in [0, 0.1) is 5.82 Å². The molecule has 0 unspecified atom stereocenters. The molecule has 288 valence electrons. The molecule has 9 rings (SSSR count). The van der Waals surface area contributed by atoms with Crippen molar-refractivity contribution in [3.05, 3.63) is 155 Å². The molecule has 0 saturated heterocycles. The van der Waals surface area contributed by atoms with Crippen LogP contribution >= 0.6 is 0 Å². The van der Waals surface area contributed by atoms with Gasteiger partial charge in [0.05, 0.1) is 51.9 Å². The largest absolute Gasteiger partial charge is 0.396 e. The predicted molar refractivity (Wildman–Crippen MR) is 216 cm³/mol. The molecule has 2 aliphatic rings. The topological polar surface area (TPSA) is 166 Å². The number of aliphatic hydroxyl groups is 1. The maximum atomic E-state index is 14.6. The van der Waals surface area contributed by atoms with Crippen molar-refractivity contribution in [2.24, 2.45) is 10.7 Å². The SMILES string of the molecule is NC(=O)N[C@H]1N=C(c2ccccc2)c2ccccc2N(c2ccccc2F)C1=O.O=c1n(Cc2nc3ccccc3n2CCCCO)c2cnccc2n1C1CC1. The third-order valence-corrected chi connectivity index (χ3v) is 10.0. The van der Waals surface area contributed by atoms with Gasteiger partial charge in [-0.25, -0.2) is 24.0 Å². The Morgan fingerprint density at radius 1 is 0.825 bits per heavy atom. The number of aliphatic imine (C=N–C) groups is 1. The fraction of sp³-hybridized carbons (Fsp3) is 0.209. The Bertz CT molecular complexity index is 2680. The van der Waals surface area contributed by atoms with Crippen molar-refractivity contribution in [2.45, 2.75) is 51.0 Å². The summed E-state index contributed by atoms with van der Waals surface area (Å²) >= 11 is 0. The van der Waals surface area contributed by atoms with E-state index < -0.39 is 23.9 Å². The quantitative estimate of drug-likeness (QED) is 0.144. The zero-order valence-corrected chi connectivity index (χ0v) is 30.9. The molecular formula is C43H40FN9O4. The average molecular weight is 766 g/mol. The third-order valence-electron chi connectivity index (χ3n) is 10.0. The standard InChI is InChI=1S/C22H17FN4O2.C21H23N5O2/c23-16-11-5-7-13-18(16)27-17-12-6-4-10-15(17)19(14-8-2-1-3-9-14)25-20(21(27)28)26-22(24)29;27-12-4-3-11-24-17-6-2-1-5-16(17)23-20(24)14-25-19-13-22-10-9-18(19)26(21(25)28)15-7-8-15/h1-13,20H,(H3,24,26,29);1-2,5-6,9-10,13,15,27H,3-4,7-8,11-12,14H2/t20-;/m1./s1. The number of aryl methyl sites for hydroxylation is 1. The number of amides is 3. The second-order valence-corrected chi connectivity index (χ2v) is 13.8. The minimum atomic E-state index is -1.31. The van der Waals surface area contributed by atoms with E-state index >= 15 is 0 Å². The Morgan fingerprint density at radius 3 is 2.30 bits per heavy atom. The van der Waals surface area contributed by atoms with Gasteiger partial charge in [0.15, 0.2) is 0 Å². The number of fused-ring (bicyclic) bond motifs is 3. The summed E-state index contributed by atoms with van der Waals surface area (Å²) in [6.07, 6.45) is 5.93. The van der Waals surface area contributed by atoms with Crippen molar-refractivity contribution in [1.29, 1.82) is 0 Å². The Kier molecular flexibility index (Phi) is 10.4. The number of halogens is 1. The fourth-order valence-corrected chi connectivity index (χ4v) is 7.28. The Balaban J connectivity index is 0.000000160. The highest BCUT2D eigenvalue weighted by molar-refractivity contribution is 6.21. The number of unbranched alkanes of at least 4 members (excludes halogenated alkanes) is 1. The second kappa shape index (κ2) is 16.0. The van der Waals surface area contributed by atoms with E-state index in [4.69, 9.17) is 15.8 Å². The van der Waals surface area contributed by atoms with Gasteiger partial charge in [0.1, 0.15) is 11.6 Å². The van der Waals surface area contributed by atoms with E-state index in [0.29, 0.717) is 29.5 Å². The Morgan fingerprint density at radius 2 is 1.54 bits per heavy atom. The van der Waals surface area contributed by atoms with Gasteiger partial charge in [0, 0.05) is 36.5 Å². The molecule has 1 aliphatic carbocycles. The number of para-hydroxylation sites is 4. The number of urea groups is 1. The third kappa shape index (κ3) is 7.42. The van der Waals surface area contributed by atoms with Gasteiger partial charge in [-0.15, -0.1) is 0 Å². The summed E-state index contributed by atoms with van der Waals surface area (Å²) in [6, 6.07) is 31.6. The summed E-state index contributed by atoms with van der Waals surface area (Å²) in [6.45, 7) is 1.36. The number of hydrogen-bond donors (Lipinski definition) is 3. The zero-order chi connectivity index (χ0) is 39.5. The summed E-state index contributed by atoms with van der Waals surface area (Å²) in [5.74, 6) is -0.330. The molecular weight excluding hydrogens is 726 g/mol. The van der Waals surface area contributed by atoms with Crippen molar-refractivity contribution in [3.8, 4) is 0 Å². The number of primary amides is 1. The number of aliphatic hydroxyl groups excluding tert-OH is 1. The first-order chi connectivity index (χ1) is 27.8. The van der Waals surface area contributed by atoms with E-state index in [2.05, 4.69) is 25.9 Å². The molecule has 1 saturated carbocycles. The highest BCUT2D eigenvalue weighted by Crippen LogP contribution is 2.37. The Labute approximate surface area is 326 Å². The smallest absolute Gasteiger partial charge is 0.329 e. The molecule has 0 radical (unpaired) electrons. The van der Waals surface area contributed by atoms with Crippen LogP contribution in [0.25, 0.3) is 22.1 Å². The highest BCUT2D eigenvalue weighted by Gasteiger charge is 2.35. The zero-order valence-electron chi connectivity index (χ0n) is 30.9. The lowest BCUT2D eigenvalue weighted by molar-refractivity contribution is -0.119. The summed E-state index contributed by atoms with van der Waals surface area (Å²) in [5.41, 5.74) is 11.5. The molecule has 0 spiro atoms. The molecule has 3 aromatic heterocycles. The van der Waals surface area contributed by atoms with Crippen LogP contribution in [0.5, 0.6) is 0 Å². The van der Waals surface area contributed by atoms with Crippen molar-refractivity contribution in [2.75, 3.05) is 11.5 Å². The molecule has 13 nitrogen and oxygen atoms in total. The molecule has 7 aromatic rings. The number of anilines is 2. The molecule has 4 aromatic carbocycles. The van der Waals surface area contributed by atoms with Crippen LogP contribution in [0.1, 0.15) is 48.7 Å². The maximum Gasteiger partial charge on any atom is 0.329 e. The summed E-state index contributed by atoms with van der Waals surface area (Å²) in [7, 11) is 0. The number of carbonyl (C=O) groups is 2. The molecule has 0 bridgehead atoms. The molecule has 1 aliphatic heterocycles. The fourth-order valence-electron chi connectivity index (χ4n) is 7.28. The van der Waals surface area contributed by atoms with Crippen LogP contribution in [0.2, 0.25) is 0 Å². The van der Waals surface area contributed by atoms with Crippen LogP contribution in [0.15, 0.2) is 131 Å². The van der Waals surface area contributed by atoms with Gasteiger partial charge in [0.2, 0.25) is 6.17 Å². The van der Waals surface area contributed by atoms with Crippen LogP contribution in [-0.2, 0) is 17.9 Å². The van der Waals surface area contributed by atoms with Crippen molar-refractivity contribution >= 4 is 51.1 Å². The number of nitrogens with zero attached hydrogens (tertiary/aromatic N) is 7. The second-order valence-electron chi connectivity index (χ2n) is 13.8. The van der Waals surface area contributed by atoms with Crippen molar-refractivity contribution in [1.82, 2.24) is 29.0 Å². The summed E-state index contributed by atoms with van der Waals surface area (Å²) in [4.78, 5) is 52.9. The number of nitrogens with two attached hydrogens (primary N) is 1. The number of aromatic nitrogens is 5. The van der Waals surface area contributed by atoms with Gasteiger partial charge in [-0.2, -0.15) is 0 Å². The van der Waals surface area contributed by atoms with Gasteiger partial charge in [-0.1, -0.05) is 72.8 Å². The van der Waals surface area contributed by atoms with Crippen molar-refractivity contribution < 1.29 is 19.1 Å². The van der Waals surface area contributed by atoms with Gasteiger partial charge in [-0.3, -0.25) is 23.8 Å². The number of nitrogens with one attached hydrogen (secondary N) is 1.